The number of rotatable bonds is 3. The summed E-state index contributed by atoms with van der Waals surface area (Å²) >= 11 is 0. The van der Waals surface area contributed by atoms with Gasteiger partial charge in [0.15, 0.2) is 0 Å². The number of hydrogen-bond acceptors (Lipinski definition) is 1. The summed E-state index contributed by atoms with van der Waals surface area (Å²) in [6.07, 6.45) is -11.7. The maximum atomic E-state index is 10.7. The second-order valence-corrected chi connectivity index (χ2v) is 1.82. The Morgan fingerprint density at radius 3 is 3.33 bits per heavy atom. The van der Waals surface area contributed by atoms with Crippen LogP contribution in [0.4, 0.5) is 0 Å². The summed E-state index contributed by atoms with van der Waals surface area (Å²) in [4.78, 5) is 10.7. The van der Waals surface area contributed by atoms with Gasteiger partial charge in [-0.1, -0.05) is 26.0 Å². The molecule has 9 heavy (non-hydrogen) atoms. The molecule has 1 heteroatoms. The van der Waals surface area contributed by atoms with Gasteiger partial charge in [-0.3, -0.25) is 0 Å². The van der Waals surface area contributed by atoms with Gasteiger partial charge in [0.05, 0.1) is 0 Å². The molecule has 0 saturated heterocycles. The molecule has 0 aromatic carbocycles. The van der Waals surface area contributed by atoms with Crippen molar-refractivity contribution in [2.75, 3.05) is 0 Å². The minimum Gasteiger partial charge on any atom is -0.303 e. The average Bonchev–Trinajstić information content (AvgIpc) is 2.24. The molecule has 52 valence electrons. The molecule has 1 atom stereocenters. The fourth-order valence-corrected chi connectivity index (χ4v) is 0.459. The summed E-state index contributed by atoms with van der Waals surface area (Å²) in [6.45, 7) is 1.11. The Bertz CT molecular complexity index is 357. The van der Waals surface area contributed by atoms with Gasteiger partial charge in [-0.25, -0.2) is 0 Å². The van der Waals surface area contributed by atoms with Crippen LogP contribution in [-0.4, -0.2) is 6.29 Å². The standard InChI is InChI=1S/C8H14O/c1-7(6-9)5-8-3-2-4-8/h6-8H,2-5H2,1H3/i2D2,3D2,4D2,5D2,8D. The van der Waals surface area contributed by atoms with Crippen LogP contribution in [0.15, 0.2) is 0 Å². The van der Waals surface area contributed by atoms with Crippen molar-refractivity contribution in [3.63, 3.8) is 0 Å². The molecule has 0 amide bonds. The van der Waals surface area contributed by atoms with E-state index in [1.54, 1.807) is 0 Å². The van der Waals surface area contributed by atoms with E-state index >= 15 is 0 Å². The maximum Gasteiger partial charge on any atom is 0.122 e. The highest BCUT2D eigenvalue weighted by Gasteiger charge is 2.19. The summed E-state index contributed by atoms with van der Waals surface area (Å²) in [5.41, 5.74) is 0. The van der Waals surface area contributed by atoms with Crippen LogP contribution >= 0.6 is 0 Å². The minimum atomic E-state index is -3.04. The van der Waals surface area contributed by atoms with Gasteiger partial charge in [0.1, 0.15) is 6.29 Å². The third-order valence-electron chi connectivity index (χ3n) is 0.951. The van der Waals surface area contributed by atoms with E-state index in [0.29, 0.717) is 0 Å². The van der Waals surface area contributed by atoms with Crippen LogP contribution in [0.3, 0.4) is 0 Å². The third kappa shape index (κ3) is 1.81. The van der Waals surface area contributed by atoms with Crippen LogP contribution in [0.1, 0.15) is 44.8 Å². The third-order valence-corrected chi connectivity index (χ3v) is 0.951. The normalized spacial score (nSPS) is 59.4. The lowest BCUT2D eigenvalue weighted by Crippen LogP contribution is -2.14. The topological polar surface area (TPSA) is 17.1 Å². The summed E-state index contributed by atoms with van der Waals surface area (Å²) in [7, 11) is 0. The lowest BCUT2D eigenvalue weighted by molar-refractivity contribution is -0.111. The Morgan fingerprint density at radius 1 is 2.11 bits per heavy atom. The van der Waals surface area contributed by atoms with Crippen LogP contribution in [0.2, 0.25) is 0 Å². The molecule has 1 fully saturated rings. The Labute approximate surface area is 69.1 Å². The van der Waals surface area contributed by atoms with Crippen LogP contribution in [0.5, 0.6) is 0 Å². The van der Waals surface area contributed by atoms with Crippen molar-refractivity contribution < 1.29 is 17.1 Å². The molecular formula is C8H14O. The van der Waals surface area contributed by atoms with E-state index in [9.17, 15) is 4.79 Å². The Morgan fingerprint density at radius 2 is 2.78 bits per heavy atom. The molecular weight excluding hydrogens is 112 g/mol. The van der Waals surface area contributed by atoms with Gasteiger partial charge in [0, 0.05) is 18.3 Å². The summed E-state index contributed by atoms with van der Waals surface area (Å²) in [5, 5.41) is 0. The minimum absolute atomic E-state index is 0.177. The van der Waals surface area contributed by atoms with Crippen molar-refractivity contribution in [3.8, 4) is 0 Å². The van der Waals surface area contributed by atoms with Gasteiger partial charge in [-0.05, 0) is 12.3 Å². The molecule has 0 aliphatic heterocycles. The van der Waals surface area contributed by atoms with Gasteiger partial charge >= 0.3 is 0 Å². The number of hydrogen-bond donors (Lipinski definition) is 0. The second-order valence-electron chi connectivity index (χ2n) is 1.82. The van der Waals surface area contributed by atoms with Gasteiger partial charge in [0.25, 0.3) is 0 Å². The van der Waals surface area contributed by atoms with Gasteiger partial charge in [0.2, 0.25) is 0 Å². The number of carbonyl (C=O) groups excluding carboxylic acids is 1. The van der Waals surface area contributed by atoms with Crippen molar-refractivity contribution in [2.24, 2.45) is 11.8 Å². The van der Waals surface area contributed by atoms with Crippen LogP contribution < -0.4 is 0 Å². The number of aldehydes is 1. The molecule has 1 aliphatic rings. The SMILES string of the molecule is [2H]C([2H])(C(C)C=O)C1([2H])C([2H])([2H])C([2H])([2H])C1([2H])[2H]. The molecule has 0 aromatic heterocycles. The molecule has 0 N–H and O–H groups in total. The summed E-state index contributed by atoms with van der Waals surface area (Å²) in [6, 6.07) is 0. The molecule has 1 nitrogen and oxygen atoms in total. The fraction of sp³-hybridized carbons (Fsp3) is 0.875. The zero-order valence-electron chi connectivity index (χ0n) is 14.1. The first-order valence-electron chi connectivity index (χ1n) is 7.19. The van der Waals surface area contributed by atoms with Crippen molar-refractivity contribution >= 4 is 6.29 Å². The first kappa shape index (κ1) is 1.63. The van der Waals surface area contributed by atoms with Gasteiger partial charge in [-0.2, -0.15) is 0 Å². The average molecular weight is 135 g/mol. The Balaban J connectivity index is 3.43. The molecule has 1 aliphatic carbocycles. The predicted octanol–water partition coefficient (Wildman–Crippen LogP) is 2.01. The molecule has 0 radical (unpaired) electrons. The molecule has 0 aromatic rings. The molecule has 0 heterocycles. The van der Waals surface area contributed by atoms with Gasteiger partial charge in [-0.15, -0.1) is 0 Å². The lowest BCUT2D eigenvalue weighted by Gasteiger charge is -2.26. The van der Waals surface area contributed by atoms with Crippen molar-refractivity contribution in [1.82, 2.24) is 0 Å². The first-order chi connectivity index (χ1) is 7.73. The highest BCUT2D eigenvalue weighted by molar-refractivity contribution is 5.52. The maximum absolute atomic E-state index is 10.7. The Hall–Kier alpha value is -0.330. The Kier molecular flexibility index (Phi) is 0.544. The van der Waals surface area contributed by atoms with Crippen LogP contribution in [0.25, 0.3) is 0 Å². The van der Waals surface area contributed by atoms with E-state index in [2.05, 4.69) is 0 Å². The summed E-state index contributed by atoms with van der Waals surface area (Å²) < 4.78 is 67.9. The van der Waals surface area contributed by atoms with Gasteiger partial charge < -0.3 is 4.79 Å². The monoisotopic (exact) mass is 135 g/mol. The van der Waals surface area contributed by atoms with E-state index in [4.69, 9.17) is 12.3 Å². The van der Waals surface area contributed by atoms with E-state index in [1.807, 2.05) is 0 Å². The quantitative estimate of drug-likeness (QED) is 0.541. The molecule has 0 bridgehead atoms. The fourth-order valence-electron chi connectivity index (χ4n) is 0.459. The van der Waals surface area contributed by atoms with E-state index < -0.39 is 37.3 Å². The van der Waals surface area contributed by atoms with E-state index in [0.717, 1.165) is 6.92 Å². The smallest absolute Gasteiger partial charge is 0.122 e. The van der Waals surface area contributed by atoms with Crippen LogP contribution in [-0.2, 0) is 4.79 Å². The van der Waals surface area contributed by atoms with E-state index in [1.165, 1.54) is 0 Å². The zero-order chi connectivity index (χ0) is 14.8. The van der Waals surface area contributed by atoms with Crippen molar-refractivity contribution in [3.05, 3.63) is 0 Å². The molecule has 1 rings (SSSR count). The second kappa shape index (κ2) is 3.00. The van der Waals surface area contributed by atoms with Crippen molar-refractivity contribution in [2.45, 2.75) is 32.4 Å². The largest absolute Gasteiger partial charge is 0.303 e. The summed E-state index contributed by atoms with van der Waals surface area (Å²) in [5.74, 6) is -4.41. The molecule has 1 unspecified atom stereocenters. The molecule has 1 saturated carbocycles. The zero-order valence-corrected chi connectivity index (χ0v) is 5.06. The first-order valence-corrected chi connectivity index (χ1v) is 2.69. The number of carbonyl (C=O) groups is 1. The highest BCUT2D eigenvalue weighted by Crippen LogP contribution is 2.31. The highest BCUT2D eigenvalue weighted by atomic mass is 16.1. The molecule has 0 spiro atoms. The van der Waals surface area contributed by atoms with E-state index in [-0.39, 0.29) is 6.29 Å². The van der Waals surface area contributed by atoms with Crippen molar-refractivity contribution in [1.29, 1.82) is 0 Å². The predicted molar refractivity (Wildman–Crippen MR) is 37.2 cm³/mol. The van der Waals surface area contributed by atoms with Crippen LogP contribution in [0, 0.1) is 11.8 Å². The lowest BCUT2D eigenvalue weighted by atomic mass is 9.80.